The monoisotopic (exact) mass is 237 g/mol. The molecule has 0 saturated heterocycles. The first kappa shape index (κ1) is 13.1. The Bertz CT molecular complexity index is 352. The minimum absolute atomic E-state index is 0.378. The first-order valence-corrected chi connectivity index (χ1v) is 6.05. The highest BCUT2D eigenvalue weighted by Crippen LogP contribution is 2.09. The summed E-state index contributed by atoms with van der Waals surface area (Å²) >= 11 is 5.00. The van der Waals surface area contributed by atoms with Gasteiger partial charge in [0.2, 0.25) is 0 Å². The number of nitrogens with two attached hydrogens (primary N) is 1. The zero-order chi connectivity index (χ0) is 12.0. The van der Waals surface area contributed by atoms with Crippen LogP contribution < -0.4 is 5.73 Å². The summed E-state index contributed by atoms with van der Waals surface area (Å²) < 4.78 is 0. The van der Waals surface area contributed by atoms with Crippen LogP contribution in [0.5, 0.6) is 0 Å². The lowest BCUT2D eigenvalue weighted by Crippen LogP contribution is -2.26. The Morgan fingerprint density at radius 1 is 1.50 bits per heavy atom. The van der Waals surface area contributed by atoms with Gasteiger partial charge in [-0.25, -0.2) is 0 Å². The molecule has 0 aliphatic heterocycles. The van der Waals surface area contributed by atoms with Crippen molar-refractivity contribution in [3.63, 3.8) is 0 Å². The molecule has 3 nitrogen and oxygen atoms in total. The molecule has 0 fully saturated rings. The predicted octanol–water partition coefficient (Wildman–Crippen LogP) is 1.95. The molecule has 0 unspecified atom stereocenters. The van der Waals surface area contributed by atoms with Crippen LogP contribution in [0.1, 0.15) is 31.5 Å². The maximum absolute atomic E-state index is 5.66. The standard InChI is InChI=1S/C12H19N3S/c1-3-8-15(4-2)9-10-6-5-7-14-11(10)12(13)16/h5-7H,3-4,8-9H2,1-2H3,(H2,13,16). The van der Waals surface area contributed by atoms with Crippen LogP contribution in [0.2, 0.25) is 0 Å². The molecule has 0 bridgehead atoms. The molecule has 88 valence electrons. The second-order valence-electron chi connectivity index (χ2n) is 3.74. The molecule has 1 heterocycles. The van der Waals surface area contributed by atoms with Gasteiger partial charge in [0.1, 0.15) is 10.7 Å². The Balaban J connectivity index is 2.82. The van der Waals surface area contributed by atoms with Crippen molar-refractivity contribution in [1.82, 2.24) is 9.88 Å². The Kier molecular flexibility index (Phi) is 5.35. The van der Waals surface area contributed by atoms with E-state index in [1.54, 1.807) is 6.20 Å². The van der Waals surface area contributed by atoms with Gasteiger partial charge < -0.3 is 5.73 Å². The number of pyridine rings is 1. The number of thiocarbonyl (C=S) groups is 1. The van der Waals surface area contributed by atoms with E-state index < -0.39 is 0 Å². The van der Waals surface area contributed by atoms with E-state index in [9.17, 15) is 0 Å². The van der Waals surface area contributed by atoms with Crippen molar-refractivity contribution >= 4 is 17.2 Å². The normalized spacial score (nSPS) is 10.7. The summed E-state index contributed by atoms with van der Waals surface area (Å²) in [5.41, 5.74) is 7.53. The van der Waals surface area contributed by atoms with Crippen molar-refractivity contribution in [1.29, 1.82) is 0 Å². The van der Waals surface area contributed by atoms with E-state index in [4.69, 9.17) is 18.0 Å². The van der Waals surface area contributed by atoms with Crippen molar-refractivity contribution in [2.75, 3.05) is 13.1 Å². The molecule has 0 saturated carbocycles. The van der Waals surface area contributed by atoms with Crippen molar-refractivity contribution in [3.05, 3.63) is 29.6 Å². The van der Waals surface area contributed by atoms with Crippen LogP contribution in [0.25, 0.3) is 0 Å². The molecule has 1 aromatic heterocycles. The summed E-state index contributed by atoms with van der Waals surface area (Å²) in [7, 11) is 0. The summed E-state index contributed by atoms with van der Waals surface area (Å²) in [6, 6.07) is 3.97. The minimum Gasteiger partial charge on any atom is -0.388 e. The molecule has 0 amide bonds. The van der Waals surface area contributed by atoms with Crippen LogP contribution in [0.15, 0.2) is 18.3 Å². The van der Waals surface area contributed by atoms with E-state index >= 15 is 0 Å². The molecule has 1 rings (SSSR count). The number of hydrogen-bond donors (Lipinski definition) is 1. The Morgan fingerprint density at radius 2 is 2.25 bits per heavy atom. The van der Waals surface area contributed by atoms with Crippen LogP contribution in [-0.4, -0.2) is 28.0 Å². The minimum atomic E-state index is 0.378. The number of nitrogens with zero attached hydrogens (tertiary/aromatic N) is 2. The summed E-state index contributed by atoms with van der Waals surface area (Å²) in [5, 5.41) is 0. The molecule has 0 spiro atoms. The Morgan fingerprint density at radius 3 is 2.81 bits per heavy atom. The van der Waals surface area contributed by atoms with E-state index in [0.29, 0.717) is 4.99 Å². The fourth-order valence-corrected chi connectivity index (χ4v) is 1.88. The third-order valence-electron chi connectivity index (χ3n) is 2.51. The molecule has 0 aliphatic carbocycles. The molecule has 2 N–H and O–H groups in total. The van der Waals surface area contributed by atoms with E-state index in [2.05, 4.69) is 23.7 Å². The van der Waals surface area contributed by atoms with Gasteiger partial charge in [0.15, 0.2) is 0 Å². The maximum atomic E-state index is 5.66. The van der Waals surface area contributed by atoms with Crippen molar-refractivity contribution in [2.45, 2.75) is 26.8 Å². The van der Waals surface area contributed by atoms with E-state index in [0.717, 1.165) is 37.3 Å². The Labute approximate surface area is 103 Å². The molecule has 0 aliphatic rings. The smallest absolute Gasteiger partial charge is 0.123 e. The number of hydrogen-bond acceptors (Lipinski definition) is 3. The van der Waals surface area contributed by atoms with Gasteiger partial charge in [0.05, 0.1) is 0 Å². The Hall–Kier alpha value is -1.00. The maximum Gasteiger partial charge on any atom is 0.123 e. The fourth-order valence-electron chi connectivity index (χ4n) is 1.69. The van der Waals surface area contributed by atoms with Crippen LogP contribution in [0, 0.1) is 0 Å². The van der Waals surface area contributed by atoms with Gasteiger partial charge in [-0.2, -0.15) is 0 Å². The molecular formula is C12H19N3S. The first-order chi connectivity index (χ1) is 7.69. The lowest BCUT2D eigenvalue weighted by molar-refractivity contribution is 0.280. The van der Waals surface area contributed by atoms with Crippen molar-refractivity contribution in [3.8, 4) is 0 Å². The summed E-state index contributed by atoms with van der Waals surface area (Å²) in [5.74, 6) is 0. The van der Waals surface area contributed by atoms with E-state index in [-0.39, 0.29) is 0 Å². The lowest BCUT2D eigenvalue weighted by atomic mass is 10.1. The number of aromatic nitrogens is 1. The van der Waals surface area contributed by atoms with Crippen LogP contribution in [-0.2, 0) is 6.54 Å². The third kappa shape index (κ3) is 3.54. The highest BCUT2D eigenvalue weighted by atomic mass is 32.1. The lowest BCUT2D eigenvalue weighted by Gasteiger charge is -2.20. The van der Waals surface area contributed by atoms with E-state index in [1.165, 1.54) is 0 Å². The largest absolute Gasteiger partial charge is 0.388 e. The van der Waals surface area contributed by atoms with Gasteiger partial charge in [0.25, 0.3) is 0 Å². The van der Waals surface area contributed by atoms with E-state index in [1.807, 2.05) is 12.1 Å². The second kappa shape index (κ2) is 6.55. The van der Waals surface area contributed by atoms with Gasteiger partial charge in [-0.05, 0) is 31.1 Å². The van der Waals surface area contributed by atoms with Gasteiger partial charge >= 0.3 is 0 Å². The molecule has 0 aromatic carbocycles. The highest BCUT2D eigenvalue weighted by molar-refractivity contribution is 7.80. The fraction of sp³-hybridized carbons (Fsp3) is 0.500. The average Bonchev–Trinajstić information content (AvgIpc) is 2.29. The van der Waals surface area contributed by atoms with Gasteiger partial charge in [-0.3, -0.25) is 9.88 Å². The molecule has 1 aromatic rings. The summed E-state index contributed by atoms with van der Waals surface area (Å²) in [6.45, 7) is 7.32. The van der Waals surface area contributed by atoms with Gasteiger partial charge in [-0.1, -0.05) is 32.1 Å². The van der Waals surface area contributed by atoms with Crippen molar-refractivity contribution < 1.29 is 0 Å². The highest BCUT2D eigenvalue weighted by Gasteiger charge is 2.09. The quantitative estimate of drug-likeness (QED) is 0.768. The SMILES string of the molecule is CCCN(CC)Cc1cccnc1C(N)=S. The van der Waals surface area contributed by atoms with Crippen LogP contribution in [0.3, 0.4) is 0 Å². The summed E-state index contributed by atoms with van der Waals surface area (Å²) in [4.78, 5) is 6.97. The summed E-state index contributed by atoms with van der Waals surface area (Å²) in [6.07, 6.45) is 2.88. The molecule has 16 heavy (non-hydrogen) atoms. The third-order valence-corrected chi connectivity index (χ3v) is 2.70. The van der Waals surface area contributed by atoms with Gasteiger partial charge in [-0.15, -0.1) is 0 Å². The second-order valence-corrected chi connectivity index (χ2v) is 4.18. The predicted molar refractivity (Wildman–Crippen MR) is 71.4 cm³/mol. The van der Waals surface area contributed by atoms with Crippen molar-refractivity contribution in [2.24, 2.45) is 5.73 Å². The van der Waals surface area contributed by atoms with Gasteiger partial charge in [0, 0.05) is 12.7 Å². The zero-order valence-corrected chi connectivity index (χ0v) is 10.8. The van der Waals surface area contributed by atoms with Crippen LogP contribution >= 0.6 is 12.2 Å². The number of rotatable bonds is 6. The molecular weight excluding hydrogens is 218 g/mol. The first-order valence-electron chi connectivity index (χ1n) is 5.65. The zero-order valence-electron chi connectivity index (χ0n) is 9.94. The molecule has 4 heteroatoms. The van der Waals surface area contributed by atoms with Crippen LogP contribution in [0.4, 0.5) is 0 Å². The molecule has 0 radical (unpaired) electrons. The molecule has 0 atom stereocenters. The topological polar surface area (TPSA) is 42.2 Å². The average molecular weight is 237 g/mol.